The van der Waals surface area contributed by atoms with Crippen molar-refractivity contribution < 1.29 is 4.74 Å². The van der Waals surface area contributed by atoms with E-state index in [9.17, 15) is 0 Å². The number of rotatable bonds is 7. The lowest BCUT2D eigenvalue weighted by Gasteiger charge is -2.11. The molecule has 1 N–H and O–H groups in total. The minimum atomic E-state index is 0.290. The zero-order chi connectivity index (χ0) is 15.4. The number of hydrogen-bond donors (Lipinski definition) is 1. The summed E-state index contributed by atoms with van der Waals surface area (Å²) in [5.74, 6) is 2.01. The molecule has 0 atom stereocenters. The lowest BCUT2D eigenvalue weighted by atomic mass is 10.2. The van der Waals surface area contributed by atoms with Gasteiger partial charge in [0.1, 0.15) is 16.9 Å². The van der Waals surface area contributed by atoms with Crippen molar-refractivity contribution in [3.05, 3.63) is 11.5 Å². The Labute approximate surface area is 125 Å². The predicted octanol–water partition coefficient (Wildman–Crippen LogP) is 2.63. The maximum absolute atomic E-state index is 5.36. The Morgan fingerprint density at radius 1 is 1.29 bits per heavy atom. The van der Waals surface area contributed by atoms with Crippen LogP contribution in [0.4, 0.5) is 5.82 Å². The Kier molecular flexibility index (Phi) is 5.12. The summed E-state index contributed by atoms with van der Waals surface area (Å²) in [7, 11) is 1.93. The van der Waals surface area contributed by atoms with Crippen LogP contribution in [0.15, 0.2) is 0 Å². The zero-order valence-corrected chi connectivity index (χ0v) is 13.6. The Morgan fingerprint density at radius 3 is 2.71 bits per heavy atom. The molecule has 0 radical (unpaired) electrons. The first-order chi connectivity index (χ1) is 10.0. The van der Waals surface area contributed by atoms with Gasteiger partial charge in [-0.15, -0.1) is 0 Å². The van der Waals surface area contributed by atoms with Gasteiger partial charge in [0.15, 0.2) is 5.82 Å². The van der Waals surface area contributed by atoms with Gasteiger partial charge in [-0.1, -0.05) is 13.8 Å². The van der Waals surface area contributed by atoms with Crippen molar-refractivity contribution in [1.29, 1.82) is 0 Å². The third kappa shape index (κ3) is 3.50. The van der Waals surface area contributed by atoms with Gasteiger partial charge in [-0.3, -0.25) is 4.68 Å². The number of aromatic nitrogens is 4. The van der Waals surface area contributed by atoms with E-state index in [1.807, 2.05) is 25.6 Å². The first kappa shape index (κ1) is 15.7. The van der Waals surface area contributed by atoms with Crippen LogP contribution >= 0.6 is 0 Å². The maximum atomic E-state index is 5.36. The summed E-state index contributed by atoms with van der Waals surface area (Å²) >= 11 is 0. The van der Waals surface area contributed by atoms with E-state index in [1.165, 1.54) is 0 Å². The van der Waals surface area contributed by atoms with Gasteiger partial charge in [-0.25, -0.2) is 9.97 Å². The van der Waals surface area contributed by atoms with Crippen molar-refractivity contribution in [2.24, 2.45) is 7.05 Å². The molecule has 2 aromatic heterocycles. The topological polar surface area (TPSA) is 64.9 Å². The molecular formula is C15H25N5O. The van der Waals surface area contributed by atoms with Crippen molar-refractivity contribution in [3.63, 3.8) is 0 Å². The molecule has 116 valence electrons. The lowest BCUT2D eigenvalue weighted by molar-refractivity contribution is 0.147. The van der Waals surface area contributed by atoms with Gasteiger partial charge < -0.3 is 10.1 Å². The van der Waals surface area contributed by atoms with Gasteiger partial charge in [0, 0.05) is 32.7 Å². The van der Waals surface area contributed by atoms with Crippen LogP contribution in [-0.2, 0) is 11.8 Å². The summed E-state index contributed by atoms with van der Waals surface area (Å²) in [5, 5.41) is 7.86. The SMILES string of the molecule is CCOCCCNc1nc(C(C)C)nc2c(C)nn(C)c12. The standard InChI is InChI=1S/C15H25N5O/c1-6-21-9-7-8-16-15-13-12(11(4)19-20(13)5)17-14(18-15)10(2)3/h10H,6-9H2,1-5H3,(H,16,17,18). The summed E-state index contributed by atoms with van der Waals surface area (Å²) in [6.07, 6.45) is 0.952. The first-order valence-electron chi connectivity index (χ1n) is 7.57. The number of nitrogens with zero attached hydrogens (tertiary/aromatic N) is 4. The molecule has 0 amide bonds. The molecule has 6 nitrogen and oxygen atoms in total. The van der Waals surface area contributed by atoms with Gasteiger partial charge in [-0.2, -0.15) is 5.10 Å². The average molecular weight is 291 g/mol. The molecule has 21 heavy (non-hydrogen) atoms. The zero-order valence-electron chi connectivity index (χ0n) is 13.6. The van der Waals surface area contributed by atoms with Crippen LogP contribution in [0.2, 0.25) is 0 Å². The number of anilines is 1. The minimum Gasteiger partial charge on any atom is -0.382 e. The average Bonchev–Trinajstić information content (AvgIpc) is 2.73. The third-order valence-electron chi connectivity index (χ3n) is 3.35. The Balaban J connectivity index is 2.27. The number of hydrogen-bond acceptors (Lipinski definition) is 5. The molecule has 0 aliphatic heterocycles. The van der Waals surface area contributed by atoms with Gasteiger partial charge in [0.25, 0.3) is 0 Å². The van der Waals surface area contributed by atoms with Crippen LogP contribution in [-0.4, -0.2) is 39.5 Å². The Bertz CT molecular complexity index is 606. The van der Waals surface area contributed by atoms with Crippen LogP contribution in [0.3, 0.4) is 0 Å². The second-order valence-corrected chi connectivity index (χ2v) is 5.47. The molecule has 0 fully saturated rings. The smallest absolute Gasteiger partial charge is 0.156 e. The predicted molar refractivity (Wildman–Crippen MR) is 84.7 cm³/mol. The molecule has 0 spiro atoms. The fourth-order valence-electron chi connectivity index (χ4n) is 2.26. The Hall–Kier alpha value is -1.69. The summed E-state index contributed by atoms with van der Waals surface area (Å²) in [5.41, 5.74) is 2.84. The van der Waals surface area contributed by atoms with Crippen LogP contribution in [0.25, 0.3) is 11.0 Å². The summed E-state index contributed by atoms with van der Waals surface area (Å²) < 4.78 is 7.21. The molecule has 0 aliphatic carbocycles. The molecular weight excluding hydrogens is 266 g/mol. The van der Waals surface area contributed by atoms with Crippen molar-refractivity contribution in [2.45, 2.75) is 40.0 Å². The molecule has 2 heterocycles. The Morgan fingerprint density at radius 2 is 2.05 bits per heavy atom. The molecule has 0 aliphatic rings. The quantitative estimate of drug-likeness (QED) is 0.794. The van der Waals surface area contributed by atoms with E-state index < -0.39 is 0 Å². The highest BCUT2D eigenvalue weighted by Crippen LogP contribution is 2.24. The van der Waals surface area contributed by atoms with Crippen LogP contribution in [0.1, 0.15) is 44.6 Å². The van der Waals surface area contributed by atoms with E-state index in [0.717, 1.165) is 54.5 Å². The second kappa shape index (κ2) is 6.85. The number of nitrogens with one attached hydrogen (secondary N) is 1. The molecule has 0 unspecified atom stereocenters. The van der Waals surface area contributed by atoms with Crippen molar-refractivity contribution in [1.82, 2.24) is 19.7 Å². The lowest BCUT2D eigenvalue weighted by Crippen LogP contribution is -2.10. The van der Waals surface area contributed by atoms with E-state index >= 15 is 0 Å². The van der Waals surface area contributed by atoms with Crippen LogP contribution in [0, 0.1) is 6.92 Å². The molecule has 2 rings (SSSR count). The molecule has 0 bridgehead atoms. The largest absolute Gasteiger partial charge is 0.382 e. The highest BCUT2D eigenvalue weighted by atomic mass is 16.5. The van der Waals surface area contributed by atoms with Crippen LogP contribution < -0.4 is 5.32 Å². The number of fused-ring (bicyclic) bond motifs is 1. The summed E-state index contributed by atoms with van der Waals surface area (Å²) in [6, 6.07) is 0. The summed E-state index contributed by atoms with van der Waals surface area (Å²) in [6.45, 7) is 10.5. The third-order valence-corrected chi connectivity index (χ3v) is 3.35. The molecule has 0 aromatic carbocycles. The van der Waals surface area contributed by atoms with Gasteiger partial charge >= 0.3 is 0 Å². The molecule has 6 heteroatoms. The van der Waals surface area contributed by atoms with Gasteiger partial charge in [-0.05, 0) is 20.3 Å². The highest BCUT2D eigenvalue weighted by molar-refractivity contribution is 5.87. The number of aryl methyl sites for hydroxylation is 2. The fourth-order valence-corrected chi connectivity index (χ4v) is 2.26. The first-order valence-corrected chi connectivity index (χ1v) is 7.57. The van der Waals surface area contributed by atoms with E-state index in [1.54, 1.807) is 0 Å². The van der Waals surface area contributed by atoms with Crippen molar-refractivity contribution in [3.8, 4) is 0 Å². The second-order valence-electron chi connectivity index (χ2n) is 5.47. The molecule has 0 saturated carbocycles. The van der Waals surface area contributed by atoms with Gasteiger partial charge in [0.05, 0.1) is 5.69 Å². The molecule has 2 aromatic rings. The van der Waals surface area contributed by atoms with Crippen LogP contribution in [0.5, 0.6) is 0 Å². The van der Waals surface area contributed by atoms with E-state index in [2.05, 4.69) is 34.2 Å². The van der Waals surface area contributed by atoms with E-state index in [4.69, 9.17) is 4.74 Å². The highest BCUT2D eigenvalue weighted by Gasteiger charge is 2.16. The maximum Gasteiger partial charge on any atom is 0.156 e. The molecule has 0 saturated heterocycles. The normalized spacial score (nSPS) is 11.5. The van der Waals surface area contributed by atoms with E-state index in [-0.39, 0.29) is 5.92 Å². The van der Waals surface area contributed by atoms with E-state index in [0.29, 0.717) is 0 Å². The monoisotopic (exact) mass is 291 g/mol. The summed E-state index contributed by atoms with van der Waals surface area (Å²) in [4.78, 5) is 9.32. The fraction of sp³-hybridized carbons (Fsp3) is 0.667. The number of ether oxygens (including phenoxy) is 1. The van der Waals surface area contributed by atoms with Crippen molar-refractivity contribution in [2.75, 3.05) is 25.1 Å². The van der Waals surface area contributed by atoms with Crippen molar-refractivity contribution >= 4 is 16.9 Å². The van der Waals surface area contributed by atoms with Gasteiger partial charge in [0.2, 0.25) is 0 Å². The minimum absolute atomic E-state index is 0.290.